The first-order chi connectivity index (χ1) is 8.48. The minimum Gasteiger partial charge on any atom is -0.328 e. The zero-order valence-corrected chi connectivity index (χ0v) is 12.8. The SMILES string of the molecule is Cl.Cl.NC1CCC(N)(Cc2ccc([N+](=O)[O-])cc2)CC1. The maximum Gasteiger partial charge on any atom is 0.269 e. The number of nitrogens with two attached hydrogens (primary N) is 2. The van der Waals surface area contributed by atoms with Crippen LogP contribution in [0.1, 0.15) is 31.2 Å². The first-order valence-electron chi connectivity index (χ1n) is 6.26. The Kier molecular flexibility index (Phi) is 7.44. The number of halogens is 2. The summed E-state index contributed by atoms with van der Waals surface area (Å²) in [5, 5.41) is 10.6. The first-order valence-corrected chi connectivity index (χ1v) is 6.26. The Morgan fingerprint density at radius 1 is 1.20 bits per heavy atom. The topological polar surface area (TPSA) is 95.2 Å². The fourth-order valence-electron chi connectivity index (χ4n) is 2.53. The van der Waals surface area contributed by atoms with Crippen molar-refractivity contribution in [3.05, 3.63) is 39.9 Å². The van der Waals surface area contributed by atoms with Gasteiger partial charge < -0.3 is 11.5 Å². The van der Waals surface area contributed by atoms with Gasteiger partial charge in [0.05, 0.1) is 4.92 Å². The molecule has 0 radical (unpaired) electrons. The zero-order valence-electron chi connectivity index (χ0n) is 11.2. The largest absolute Gasteiger partial charge is 0.328 e. The predicted octanol–water partition coefficient (Wildman–Crippen LogP) is 2.58. The van der Waals surface area contributed by atoms with Crippen LogP contribution in [-0.2, 0) is 6.42 Å². The molecule has 0 bridgehead atoms. The quantitative estimate of drug-likeness (QED) is 0.660. The maximum absolute atomic E-state index is 10.6. The average Bonchev–Trinajstić information content (AvgIpc) is 2.34. The molecule has 0 atom stereocenters. The summed E-state index contributed by atoms with van der Waals surface area (Å²) in [6.45, 7) is 0. The molecule has 1 aliphatic rings. The van der Waals surface area contributed by atoms with Crippen molar-refractivity contribution in [3.63, 3.8) is 0 Å². The van der Waals surface area contributed by atoms with Gasteiger partial charge in [-0.2, -0.15) is 0 Å². The van der Waals surface area contributed by atoms with E-state index in [4.69, 9.17) is 11.5 Å². The Morgan fingerprint density at radius 3 is 2.15 bits per heavy atom. The van der Waals surface area contributed by atoms with Crippen LogP contribution in [0.2, 0.25) is 0 Å². The Hall–Kier alpha value is -0.880. The summed E-state index contributed by atoms with van der Waals surface area (Å²) in [5.74, 6) is 0. The van der Waals surface area contributed by atoms with Gasteiger partial charge in [-0.05, 0) is 37.7 Å². The normalized spacial score (nSPS) is 25.2. The third-order valence-electron chi connectivity index (χ3n) is 3.73. The lowest BCUT2D eigenvalue weighted by Crippen LogP contribution is -2.47. The van der Waals surface area contributed by atoms with E-state index in [1.807, 2.05) is 0 Å². The van der Waals surface area contributed by atoms with E-state index in [1.165, 1.54) is 12.1 Å². The van der Waals surface area contributed by atoms with Gasteiger partial charge in [-0.3, -0.25) is 10.1 Å². The maximum atomic E-state index is 10.6. The summed E-state index contributed by atoms with van der Waals surface area (Å²) in [4.78, 5) is 10.2. The summed E-state index contributed by atoms with van der Waals surface area (Å²) in [6, 6.07) is 6.93. The molecule has 1 fully saturated rings. The molecule has 1 saturated carbocycles. The molecule has 0 spiro atoms. The zero-order chi connectivity index (χ0) is 13.2. The van der Waals surface area contributed by atoms with Gasteiger partial charge in [0.25, 0.3) is 5.69 Å². The highest BCUT2D eigenvalue weighted by Crippen LogP contribution is 2.29. The molecule has 0 unspecified atom stereocenters. The summed E-state index contributed by atoms with van der Waals surface area (Å²) in [6.07, 6.45) is 4.53. The van der Waals surface area contributed by atoms with Crippen LogP contribution < -0.4 is 11.5 Å². The van der Waals surface area contributed by atoms with E-state index < -0.39 is 0 Å². The number of nitro benzene ring substituents is 1. The molecule has 114 valence electrons. The molecule has 0 saturated heterocycles. The second kappa shape index (κ2) is 7.78. The average molecular weight is 322 g/mol. The fraction of sp³-hybridized carbons (Fsp3) is 0.538. The van der Waals surface area contributed by atoms with Crippen molar-refractivity contribution in [3.8, 4) is 0 Å². The van der Waals surface area contributed by atoms with Gasteiger partial charge >= 0.3 is 0 Å². The van der Waals surface area contributed by atoms with E-state index in [-0.39, 0.29) is 47.0 Å². The molecule has 0 heterocycles. The molecule has 7 heteroatoms. The van der Waals surface area contributed by atoms with Crippen LogP contribution in [0, 0.1) is 10.1 Å². The number of hydrogen-bond acceptors (Lipinski definition) is 4. The van der Waals surface area contributed by atoms with E-state index in [0.717, 1.165) is 37.7 Å². The first kappa shape index (κ1) is 19.1. The van der Waals surface area contributed by atoms with Gasteiger partial charge in [0.1, 0.15) is 0 Å². The molecule has 0 aliphatic heterocycles. The Labute approximate surface area is 131 Å². The van der Waals surface area contributed by atoms with Crippen LogP contribution in [0.3, 0.4) is 0 Å². The minimum absolute atomic E-state index is 0. The lowest BCUT2D eigenvalue weighted by Gasteiger charge is -2.36. The van der Waals surface area contributed by atoms with Gasteiger partial charge in [0.15, 0.2) is 0 Å². The number of rotatable bonds is 3. The van der Waals surface area contributed by atoms with Gasteiger partial charge in [-0.25, -0.2) is 0 Å². The molecule has 5 nitrogen and oxygen atoms in total. The van der Waals surface area contributed by atoms with E-state index >= 15 is 0 Å². The predicted molar refractivity (Wildman–Crippen MR) is 84.7 cm³/mol. The third-order valence-corrected chi connectivity index (χ3v) is 3.73. The highest BCUT2D eigenvalue weighted by molar-refractivity contribution is 5.85. The van der Waals surface area contributed by atoms with Crippen LogP contribution in [0.5, 0.6) is 0 Å². The molecule has 4 N–H and O–H groups in total. The molecule has 1 aromatic carbocycles. The second-order valence-corrected chi connectivity index (χ2v) is 5.30. The molecular weight excluding hydrogens is 301 g/mol. The second-order valence-electron chi connectivity index (χ2n) is 5.30. The Morgan fingerprint density at radius 2 is 1.70 bits per heavy atom. The summed E-state index contributed by atoms with van der Waals surface area (Å²) < 4.78 is 0. The fourth-order valence-corrected chi connectivity index (χ4v) is 2.53. The van der Waals surface area contributed by atoms with Crippen molar-refractivity contribution in [1.82, 2.24) is 0 Å². The van der Waals surface area contributed by atoms with Gasteiger partial charge in [-0.1, -0.05) is 12.1 Å². The highest BCUT2D eigenvalue weighted by atomic mass is 35.5. The number of nitrogens with zero attached hydrogens (tertiary/aromatic N) is 1. The van der Waals surface area contributed by atoms with E-state index in [2.05, 4.69) is 0 Å². The van der Waals surface area contributed by atoms with Crippen LogP contribution >= 0.6 is 24.8 Å². The molecule has 0 aromatic heterocycles. The monoisotopic (exact) mass is 321 g/mol. The minimum atomic E-state index is -0.387. The smallest absolute Gasteiger partial charge is 0.269 e. The summed E-state index contributed by atoms with van der Waals surface area (Å²) >= 11 is 0. The van der Waals surface area contributed by atoms with E-state index in [1.54, 1.807) is 12.1 Å². The molecule has 0 amide bonds. The van der Waals surface area contributed by atoms with Crippen LogP contribution in [0.25, 0.3) is 0 Å². The third kappa shape index (κ3) is 4.90. The van der Waals surface area contributed by atoms with Crippen molar-refractivity contribution < 1.29 is 4.92 Å². The summed E-state index contributed by atoms with van der Waals surface area (Å²) in [7, 11) is 0. The van der Waals surface area contributed by atoms with Crippen molar-refractivity contribution in [2.45, 2.75) is 43.7 Å². The van der Waals surface area contributed by atoms with Crippen molar-refractivity contribution in [1.29, 1.82) is 0 Å². The highest BCUT2D eigenvalue weighted by Gasteiger charge is 2.30. The van der Waals surface area contributed by atoms with E-state index in [9.17, 15) is 10.1 Å². The van der Waals surface area contributed by atoms with Crippen molar-refractivity contribution in [2.24, 2.45) is 11.5 Å². The lowest BCUT2D eigenvalue weighted by molar-refractivity contribution is -0.384. The van der Waals surface area contributed by atoms with Crippen LogP contribution in [0.15, 0.2) is 24.3 Å². The van der Waals surface area contributed by atoms with Gasteiger partial charge in [-0.15, -0.1) is 24.8 Å². The Balaban J connectivity index is 0.00000180. The standard InChI is InChI=1S/C13H19N3O2.2ClH/c14-11-5-7-13(15,8-6-11)9-10-1-3-12(4-2-10)16(17)18;;/h1-4,11H,5-9,14-15H2;2*1H. The molecule has 20 heavy (non-hydrogen) atoms. The van der Waals surface area contributed by atoms with Gasteiger partial charge in [0, 0.05) is 23.7 Å². The van der Waals surface area contributed by atoms with Crippen LogP contribution in [-0.4, -0.2) is 16.5 Å². The number of nitro groups is 1. The number of benzene rings is 1. The molecule has 1 aromatic rings. The molecule has 1 aliphatic carbocycles. The van der Waals surface area contributed by atoms with Crippen molar-refractivity contribution >= 4 is 30.5 Å². The van der Waals surface area contributed by atoms with Crippen molar-refractivity contribution in [2.75, 3.05) is 0 Å². The van der Waals surface area contributed by atoms with E-state index in [0.29, 0.717) is 0 Å². The Bertz CT molecular complexity index is 432. The molecular formula is C13H21Cl2N3O2. The van der Waals surface area contributed by atoms with Crippen LogP contribution in [0.4, 0.5) is 5.69 Å². The number of hydrogen-bond donors (Lipinski definition) is 2. The molecule has 2 rings (SSSR count). The number of non-ortho nitro benzene ring substituents is 1. The lowest BCUT2D eigenvalue weighted by atomic mass is 9.77. The van der Waals surface area contributed by atoms with Gasteiger partial charge in [0.2, 0.25) is 0 Å². The summed E-state index contributed by atoms with van der Waals surface area (Å²) in [5.41, 5.74) is 13.2.